The first kappa shape index (κ1) is 11.9. The van der Waals surface area contributed by atoms with Crippen LogP contribution < -0.4 is 0 Å². The lowest BCUT2D eigenvalue weighted by atomic mass is 10.3. The van der Waals surface area contributed by atoms with Crippen LogP contribution in [0.15, 0.2) is 41.4 Å². The maximum Gasteiger partial charge on any atom is 0.193 e. The van der Waals surface area contributed by atoms with Gasteiger partial charge in [0, 0.05) is 18.1 Å². The minimum atomic E-state index is -0.291. The molecule has 0 aliphatic heterocycles. The quantitative estimate of drug-likeness (QED) is 0.618. The number of ketones is 1. The monoisotopic (exact) mass is 250 g/mol. The standard InChI is InChI=1S/C12H11FN2OS/c1-15-6-5-11(14-15)12(16)8-17-10-4-2-3-9(13)7-10/h2-7H,8H2,1H3. The zero-order chi connectivity index (χ0) is 12.3. The Morgan fingerprint density at radius 2 is 2.29 bits per heavy atom. The van der Waals surface area contributed by atoms with Crippen molar-refractivity contribution in [2.24, 2.45) is 7.05 Å². The molecule has 5 heteroatoms. The van der Waals surface area contributed by atoms with Crippen molar-refractivity contribution in [3.63, 3.8) is 0 Å². The van der Waals surface area contributed by atoms with Gasteiger partial charge in [-0.1, -0.05) is 6.07 Å². The predicted octanol–water partition coefficient (Wildman–Crippen LogP) is 2.53. The minimum Gasteiger partial charge on any atom is -0.291 e. The molecular weight excluding hydrogens is 239 g/mol. The molecule has 2 aromatic rings. The number of Topliss-reactive ketones (excluding diaryl/α,β-unsaturated/α-hetero) is 1. The van der Waals surface area contributed by atoms with E-state index in [9.17, 15) is 9.18 Å². The molecule has 1 aromatic heterocycles. The molecule has 0 bridgehead atoms. The summed E-state index contributed by atoms with van der Waals surface area (Å²) in [7, 11) is 1.76. The fraction of sp³-hybridized carbons (Fsp3) is 0.167. The fourth-order valence-electron chi connectivity index (χ4n) is 1.34. The maximum absolute atomic E-state index is 12.9. The van der Waals surface area contributed by atoms with Crippen LogP contribution in [-0.2, 0) is 7.05 Å². The van der Waals surface area contributed by atoms with Crippen molar-refractivity contribution in [2.75, 3.05) is 5.75 Å². The van der Waals surface area contributed by atoms with E-state index in [4.69, 9.17) is 0 Å². The van der Waals surface area contributed by atoms with Crippen LogP contribution in [0, 0.1) is 5.82 Å². The molecule has 0 aliphatic carbocycles. The normalized spacial score (nSPS) is 10.5. The lowest BCUT2D eigenvalue weighted by molar-refractivity contribution is 0.101. The van der Waals surface area contributed by atoms with Crippen molar-refractivity contribution < 1.29 is 9.18 Å². The van der Waals surface area contributed by atoms with Crippen LogP contribution >= 0.6 is 11.8 Å². The molecule has 2 rings (SSSR count). The van der Waals surface area contributed by atoms with E-state index >= 15 is 0 Å². The number of thioether (sulfide) groups is 1. The fourth-order valence-corrected chi connectivity index (χ4v) is 2.16. The number of carbonyl (C=O) groups excluding carboxylic acids is 1. The van der Waals surface area contributed by atoms with Crippen molar-refractivity contribution in [2.45, 2.75) is 4.90 Å². The summed E-state index contributed by atoms with van der Waals surface area (Å²) in [5.74, 6) is -0.0827. The van der Waals surface area contributed by atoms with Gasteiger partial charge in [-0.2, -0.15) is 5.10 Å². The van der Waals surface area contributed by atoms with E-state index in [2.05, 4.69) is 5.10 Å². The highest BCUT2D eigenvalue weighted by molar-refractivity contribution is 8.00. The SMILES string of the molecule is Cn1ccc(C(=O)CSc2cccc(F)c2)n1. The molecule has 0 fully saturated rings. The number of aromatic nitrogens is 2. The average Bonchev–Trinajstić information content (AvgIpc) is 2.73. The van der Waals surface area contributed by atoms with E-state index in [0.717, 1.165) is 4.90 Å². The third-order valence-electron chi connectivity index (χ3n) is 2.17. The summed E-state index contributed by atoms with van der Waals surface area (Å²) in [6, 6.07) is 7.87. The van der Waals surface area contributed by atoms with E-state index in [1.54, 1.807) is 36.1 Å². The van der Waals surface area contributed by atoms with Crippen LogP contribution in [0.1, 0.15) is 10.5 Å². The molecule has 0 amide bonds. The highest BCUT2D eigenvalue weighted by atomic mass is 32.2. The minimum absolute atomic E-state index is 0.0557. The summed E-state index contributed by atoms with van der Waals surface area (Å²) in [4.78, 5) is 12.5. The molecule has 0 aliphatic rings. The number of nitrogens with zero attached hydrogens (tertiary/aromatic N) is 2. The Balaban J connectivity index is 1.97. The molecule has 0 unspecified atom stereocenters. The van der Waals surface area contributed by atoms with Crippen LogP contribution in [-0.4, -0.2) is 21.3 Å². The molecule has 1 heterocycles. The van der Waals surface area contributed by atoms with Crippen molar-refractivity contribution in [1.82, 2.24) is 9.78 Å². The first-order chi connectivity index (χ1) is 8.15. The number of benzene rings is 1. The van der Waals surface area contributed by atoms with Gasteiger partial charge in [-0.15, -0.1) is 11.8 Å². The summed E-state index contributed by atoms with van der Waals surface area (Å²) in [5.41, 5.74) is 0.441. The zero-order valence-corrected chi connectivity index (χ0v) is 10.1. The Morgan fingerprint density at radius 3 is 2.94 bits per heavy atom. The molecule has 0 N–H and O–H groups in total. The first-order valence-electron chi connectivity index (χ1n) is 5.06. The molecule has 1 aromatic carbocycles. The van der Waals surface area contributed by atoms with E-state index in [1.165, 1.54) is 23.9 Å². The summed E-state index contributed by atoms with van der Waals surface area (Å²) in [6.07, 6.45) is 1.72. The Labute approximate surface area is 103 Å². The van der Waals surface area contributed by atoms with Gasteiger partial charge in [0.15, 0.2) is 5.78 Å². The predicted molar refractivity (Wildman–Crippen MR) is 64.7 cm³/mol. The summed E-state index contributed by atoms with van der Waals surface area (Å²) in [5, 5.41) is 4.02. The highest BCUT2D eigenvalue weighted by Crippen LogP contribution is 2.19. The Morgan fingerprint density at radius 1 is 1.47 bits per heavy atom. The number of carbonyl (C=O) groups is 1. The lowest BCUT2D eigenvalue weighted by Gasteiger charge is -1.99. The Kier molecular flexibility index (Phi) is 3.58. The zero-order valence-electron chi connectivity index (χ0n) is 9.26. The molecule has 88 valence electrons. The molecule has 0 saturated heterocycles. The topological polar surface area (TPSA) is 34.9 Å². The number of hydrogen-bond donors (Lipinski definition) is 0. The number of hydrogen-bond acceptors (Lipinski definition) is 3. The molecule has 3 nitrogen and oxygen atoms in total. The Bertz CT molecular complexity index is 539. The second-order valence-electron chi connectivity index (χ2n) is 3.54. The summed E-state index contributed by atoms with van der Waals surface area (Å²) in [6.45, 7) is 0. The molecule has 0 saturated carbocycles. The van der Waals surface area contributed by atoms with Gasteiger partial charge < -0.3 is 0 Å². The molecular formula is C12H11FN2OS. The average molecular weight is 250 g/mol. The van der Waals surface area contributed by atoms with Gasteiger partial charge in [0.05, 0.1) is 5.75 Å². The third-order valence-corrected chi connectivity index (χ3v) is 3.16. The third kappa shape index (κ3) is 3.17. The smallest absolute Gasteiger partial charge is 0.193 e. The van der Waals surface area contributed by atoms with Crippen LogP contribution in [0.5, 0.6) is 0 Å². The lowest BCUT2D eigenvalue weighted by Crippen LogP contribution is -2.04. The highest BCUT2D eigenvalue weighted by Gasteiger charge is 2.09. The van der Waals surface area contributed by atoms with Gasteiger partial charge in [-0.25, -0.2) is 4.39 Å². The van der Waals surface area contributed by atoms with Crippen LogP contribution in [0.3, 0.4) is 0 Å². The largest absolute Gasteiger partial charge is 0.291 e. The van der Waals surface area contributed by atoms with Crippen molar-refractivity contribution in [1.29, 1.82) is 0 Å². The van der Waals surface area contributed by atoms with Gasteiger partial charge >= 0.3 is 0 Å². The molecule has 17 heavy (non-hydrogen) atoms. The van der Waals surface area contributed by atoms with Crippen LogP contribution in [0.2, 0.25) is 0 Å². The molecule has 0 atom stereocenters. The Hall–Kier alpha value is -1.62. The van der Waals surface area contributed by atoms with Gasteiger partial charge in [0.1, 0.15) is 11.5 Å². The van der Waals surface area contributed by atoms with Crippen molar-refractivity contribution in [3.05, 3.63) is 48.0 Å². The van der Waals surface area contributed by atoms with Gasteiger partial charge in [-0.3, -0.25) is 9.48 Å². The van der Waals surface area contributed by atoms with Crippen LogP contribution in [0.25, 0.3) is 0 Å². The molecule has 0 radical (unpaired) electrons. The number of aryl methyl sites for hydroxylation is 1. The van der Waals surface area contributed by atoms with Crippen molar-refractivity contribution in [3.8, 4) is 0 Å². The second kappa shape index (κ2) is 5.14. The summed E-state index contributed by atoms with van der Waals surface area (Å²) >= 11 is 1.31. The molecule has 0 spiro atoms. The van der Waals surface area contributed by atoms with Gasteiger partial charge in [-0.05, 0) is 24.3 Å². The van der Waals surface area contributed by atoms with Crippen molar-refractivity contribution >= 4 is 17.5 Å². The van der Waals surface area contributed by atoms with E-state index in [-0.39, 0.29) is 17.4 Å². The maximum atomic E-state index is 12.9. The first-order valence-corrected chi connectivity index (χ1v) is 6.05. The van der Waals surface area contributed by atoms with E-state index < -0.39 is 0 Å². The number of halogens is 1. The van der Waals surface area contributed by atoms with Crippen LogP contribution in [0.4, 0.5) is 4.39 Å². The van der Waals surface area contributed by atoms with E-state index in [1.807, 2.05) is 0 Å². The summed E-state index contributed by atoms with van der Waals surface area (Å²) < 4.78 is 14.5. The van der Waals surface area contributed by atoms with Gasteiger partial charge in [0.25, 0.3) is 0 Å². The second-order valence-corrected chi connectivity index (χ2v) is 4.59. The van der Waals surface area contributed by atoms with E-state index in [0.29, 0.717) is 5.69 Å². The van der Waals surface area contributed by atoms with Gasteiger partial charge in [0.2, 0.25) is 0 Å². The number of rotatable bonds is 4.